The fourth-order valence-electron chi connectivity index (χ4n) is 2.50. The van der Waals surface area contributed by atoms with Crippen LogP contribution in [-0.2, 0) is 16.1 Å². The van der Waals surface area contributed by atoms with E-state index >= 15 is 0 Å². The van der Waals surface area contributed by atoms with Gasteiger partial charge in [-0.2, -0.15) is 0 Å². The number of carboxylic acid groups (broad SMARTS) is 1. The zero-order chi connectivity index (χ0) is 15.9. The molecule has 1 aliphatic carbocycles. The summed E-state index contributed by atoms with van der Waals surface area (Å²) in [5.74, 6) is 0.451. The number of hydrogen-bond acceptors (Lipinski definition) is 3. The van der Waals surface area contributed by atoms with E-state index in [0.717, 1.165) is 17.9 Å². The standard InChI is InChI=1S/C17H23NO4/c1-18(16(19)10-7-13-3-2-4-13)11-14-5-8-15(9-6-14)22-12-17(20)21/h5-6,8-9,13H,2-4,7,10-12H2,1H3,(H,20,21). The van der Waals surface area contributed by atoms with Crippen molar-refractivity contribution < 1.29 is 19.4 Å². The van der Waals surface area contributed by atoms with E-state index in [1.165, 1.54) is 19.3 Å². The fourth-order valence-corrected chi connectivity index (χ4v) is 2.50. The number of ether oxygens (including phenoxy) is 1. The van der Waals surface area contributed by atoms with Crippen molar-refractivity contribution >= 4 is 11.9 Å². The van der Waals surface area contributed by atoms with Crippen molar-refractivity contribution in [3.8, 4) is 5.75 Å². The quantitative estimate of drug-likeness (QED) is 0.802. The number of carbonyl (C=O) groups is 2. The van der Waals surface area contributed by atoms with Gasteiger partial charge >= 0.3 is 5.97 Å². The second-order valence-corrected chi connectivity index (χ2v) is 5.91. The lowest BCUT2D eigenvalue weighted by molar-refractivity contribution is -0.139. The Morgan fingerprint density at radius 2 is 1.95 bits per heavy atom. The van der Waals surface area contributed by atoms with Gasteiger partial charge in [0, 0.05) is 20.0 Å². The lowest BCUT2D eigenvalue weighted by Crippen LogP contribution is -2.27. The molecule has 5 heteroatoms. The van der Waals surface area contributed by atoms with Crippen molar-refractivity contribution in [1.29, 1.82) is 0 Å². The third-order valence-corrected chi connectivity index (χ3v) is 4.12. The Kier molecular flexibility index (Phi) is 5.81. The molecule has 1 N–H and O–H groups in total. The molecule has 22 heavy (non-hydrogen) atoms. The molecule has 0 saturated heterocycles. The third kappa shape index (κ3) is 5.06. The van der Waals surface area contributed by atoms with Gasteiger partial charge in [0.1, 0.15) is 5.75 Å². The van der Waals surface area contributed by atoms with E-state index in [-0.39, 0.29) is 12.5 Å². The molecule has 5 nitrogen and oxygen atoms in total. The predicted molar refractivity (Wildman–Crippen MR) is 82.6 cm³/mol. The van der Waals surface area contributed by atoms with Crippen LogP contribution in [0.25, 0.3) is 0 Å². The maximum Gasteiger partial charge on any atom is 0.341 e. The summed E-state index contributed by atoms with van der Waals surface area (Å²) in [7, 11) is 1.82. The number of benzene rings is 1. The molecule has 2 rings (SSSR count). The topological polar surface area (TPSA) is 66.8 Å². The van der Waals surface area contributed by atoms with Crippen molar-refractivity contribution in [3.63, 3.8) is 0 Å². The number of carboxylic acids is 1. The molecule has 1 amide bonds. The largest absolute Gasteiger partial charge is 0.482 e. The van der Waals surface area contributed by atoms with Crippen LogP contribution in [0.15, 0.2) is 24.3 Å². The minimum atomic E-state index is -0.999. The van der Waals surface area contributed by atoms with Crippen LogP contribution in [-0.4, -0.2) is 35.5 Å². The summed E-state index contributed by atoms with van der Waals surface area (Å²) in [6, 6.07) is 7.16. The van der Waals surface area contributed by atoms with Gasteiger partial charge in [-0.1, -0.05) is 31.4 Å². The number of hydrogen-bond donors (Lipinski definition) is 1. The molecule has 0 unspecified atom stereocenters. The van der Waals surface area contributed by atoms with E-state index in [1.54, 1.807) is 17.0 Å². The van der Waals surface area contributed by atoms with Crippen molar-refractivity contribution in [2.24, 2.45) is 5.92 Å². The van der Waals surface area contributed by atoms with Gasteiger partial charge in [0.25, 0.3) is 0 Å². The van der Waals surface area contributed by atoms with Gasteiger partial charge in [0.15, 0.2) is 6.61 Å². The monoisotopic (exact) mass is 305 g/mol. The second-order valence-electron chi connectivity index (χ2n) is 5.91. The molecule has 0 aliphatic heterocycles. The van der Waals surface area contributed by atoms with Crippen molar-refractivity contribution in [2.75, 3.05) is 13.7 Å². The summed E-state index contributed by atoms with van der Waals surface area (Å²) in [6.45, 7) is 0.210. The van der Waals surface area contributed by atoms with Crippen molar-refractivity contribution in [2.45, 2.75) is 38.6 Å². The maximum absolute atomic E-state index is 12.1. The molecule has 0 heterocycles. The van der Waals surface area contributed by atoms with E-state index in [9.17, 15) is 9.59 Å². The SMILES string of the molecule is CN(Cc1ccc(OCC(=O)O)cc1)C(=O)CCC1CCC1. The maximum atomic E-state index is 12.1. The summed E-state index contributed by atoms with van der Waals surface area (Å²) in [6.07, 6.45) is 5.49. The Bertz CT molecular complexity index is 508. The van der Waals surface area contributed by atoms with Crippen LogP contribution in [0.1, 0.15) is 37.7 Å². The smallest absolute Gasteiger partial charge is 0.341 e. The normalized spacial score (nSPS) is 14.2. The van der Waals surface area contributed by atoms with Crippen LogP contribution < -0.4 is 4.74 Å². The number of nitrogens with zero attached hydrogens (tertiary/aromatic N) is 1. The molecule has 1 aromatic rings. The summed E-state index contributed by atoms with van der Waals surface area (Å²) in [4.78, 5) is 24.2. The van der Waals surface area contributed by atoms with Crippen LogP contribution in [0.4, 0.5) is 0 Å². The van der Waals surface area contributed by atoms with Gasteiger partial charge in [-0.3, -0.25) is 4.79 Å². The van der Waals surface area contributed by atoms with Gasteiger partial charge in [0.2, 0.25) is 5.91 Å². The minimum Gasteiger partial charge on any atom is -0.482 e. The van der Waals surface area contributed by atoms with Gasteiger partial charge in [-0.05, 0) is 30.0 Å². The summed E-state index contributed by atoms with van der Waals surface area (Å²) in [5.41, 5.74) is 1.00. The number of rotatable bonds is 8. The lowest BCUT2D eigenvalue weighted by Gasteiger charge is -2.26. The molecule has 120 valence electrons. The highest BCUT2D eigenvalue weighted by molar-refractivity contribution is 5.75. The zero-order valence-electron chi connectivity index (χ0n) is 13.0. The second kappa shape index (κ2) is 7.82. The van der Waals surface area contributed by atoms with Crippen molar-refractivity contribution in [1.82, 2.24) is 4.90 Å². The van der Waals surface area contributed by atoms with Crippen LogP contribution in [0.3, 0.4) is 0 Å². The molecule has 0 radical (unpaired) electrons. The molecule has 1 fully saturated rings. The Hall–Kier alpha value is -2.04. The van der Waals surface area contributed by atoms with Gasteiger partial charge in [-0.15, -0.1) is 0 Å². The van der Waals surface area contributed by atoms with Crippen molar-refractivity contribution in [3.05, 3.63) is 29.8 Å². The van der Waals surface area contributed by atoms with Gasteiger partial charge in [-0.25, -0.2) is 4.79 Å². The highest BCUT2D eigenvalue weighted by atomic mass is 16.5. The molecule has 0 bridgehead atoms. The Morgan fingerprint density at radius 1 is 1.27 bits per heavy atom. The number of carbonyl (C=O) groups excluding carboxylic acids is 1. The summed E-state index contributed by atoms with van der Waals surface area (Å²) in [5, 5.41) is 8.55. The summed E-state index contributed by atoms with van der Waals surface area (Å²) < 4.78 is 5.08. The average Bonchev–Trinajstić information content (AvgIpc) is 2.44. The van der Waals surface area contributed by atoms with E-state index in [4.69, 9.17) is 9.84 Å². The number of amides is 1. The molecule has 0 atom stereocenters. The van der Waals surface area contributed by atoms with Crippen LogP contribution >= 0.6 is 0 Å². The molecular weight excluding hydrogens is 282 g/mol. The third-order valence-electron chi connectivity index (χ3n) is 4.12. The van der Waals surface area contributed by atoms with E-state index in [0.29, 0.717) is 18.7 Å². The van der Waals surface area contributed by atoms with Crippen LogP contribution in [0.2, 0.25) is 0 Å². The van der Waals surface area contributed by atoms with E-state index < -0.39 is 5.97 Å². The highest BCUT2D eigenvalue weighted by Crippen LogP contribution is 2.30. The average molecular weight is 305 g/mol. The van der Waals surface area contributed by atoms with Crippen LogP contribution in [0, 0.1) is 5.92 Å². The van der Waals surface area contributed by atoms with E-state index in [2.05, 4.69) is 0 Å². The molecule has 1 aliphatic rings. The molecule has 1 saturated carbocycles. The van der Waals surface area contributed by atoms with Crippen LogP contribution in [0.5, 0.6) is 5.75 Å². The van der Waals surface area contributed by atoms with E-state index in [1.807, 2.05) is 19.2 Å². The fraction of sp³-hybridized carbons (Fsp3) is 0.529. The minimum absolute atomic E-state index is 0.179. The van der Waals surface area contributed by atoms with Gasteiger partial charge in [0.05, 0.1) is 0 Å². The Morgan fingerprint density at radius 3 is 2.50 bits per heavy atom. The van der Waals surface area contributed by atoms with Gasteiger partial charge < -0.3 is 14.7 Å². The Labute approximate surface area is 130 Å². The molecule has 1 aromatic carbocycles. The molecule has 0 spiro atoms. The lowest BCUT2D eigenvalue weighted by atomic mass is 9.82. The molecule has 0 aromatic heterocycles. The Balaban J connectivity index is 1.76. The first-order valence-corrected chi connectivity index (χ1v) is 7.72. The zero-order valence-corrected chi connectivity index (χ0v) is 13.0. The predicted octanol–water partition coefficient (Wildman–Crippen LogP) is 2.69. The first-order valence-electron chi connectivity index (χ1n) is 7.72. The summed E-state index contributed by atoms with van der Waals surface area (Å²) >= 11 is 0. The first kappa shape index (κ1) is 16.3. The molecular formula is C17H23NO4. The number of aliphatic carboxylic acids is 1. The first-order chi connectivity index (χ1) is 10.5. The highest BCUT2D eigenvalue weighted by Gasteiger charge is 2.19.